The van der Waals surface area contributed by atoms with Gasteiger partial charge in [0.25, 0.3) is 23.8 Å². The minimum atomic E-state index is -5.08. The first kappa shape index (κ1) is 46.6. The smallest absolute Gasteiger partial charge is 0.489 e. The first-order valence-electron chi connectivity index (χ1n) is 17.5. The lowest BCUT2D eigenvalue weighted by molar-refractivity contribution is -0.193. The van der Waals surface area contributed by atoms with Crippen LogP contribution >= 0.6 is 0 Å². The zero-order chi connectivity index (χ0) is 45.5. The van der Waals surface area contributed by atoms with Crippen molar-refractivity contribution in [2.45, 2.75) is 25.6 Å². The van der Waals surface area contributed by atoms with Crippen LogP contribution in [0.5, 0.6) is 11.5 Å². The molecule has 0 radical (unpaired) electrons. The Hall–Kier alpha value is -8.04. The fourth-order valence-corrected chi connectivity index (χ4v) is 4.80. The number of nitrogen functional groups attached to an aromatic ring is 2. The molecule has 326 valence electrons. The SMILES string of the molecule is Nc1nc(-c2ccc(OCc3cccc(C(=O)NCCNC(=O)c4ccc(COc5ccccc5-c5coc(N)n5)cc4)c3)cc2)co1.O=C(O)C(F)(F)F.O=C(O)C(F)(F)F. The van der Waals surface area contributed by atoms with E-state index >= 15 is 0 Å². The molecule has 0 spiro atoms. The number of nitrogens with two attached hydrogens (primary N) is 2. The van der Waals surface area contributed by atoms with E-state index in [1.165, 1.54) is 12.5 Å². The quantitative estimate of drug-likeness (QED) is 0.0519. The lowest BCUT2D eigenvalue weighted by atomic mass is 10.1. The highest BCUT2D eigenvalue weighted by Crippen LogP contribution is 2.30. The van der Waals surface area contributed by atoms with Crippen molar-refractivity contribution in [3.8, 4) is 34.0 Å². The Kier molecular flexibility index (Phi) is 16.0. The number of rotatable bonds is 13. The maximum absolute atomic E-state index is 12.8. The van der Waals surface area contributed by atoms with E-state index in [1.54, 1.807) is 30.3 Å². The van der Waals surface area contributed by atoms with Crippen molar-refractivity contribution in [3.63, 3.8) is 0 Å². The second-order valence-electron chi connectivity index (χ2n) is 12.3. The second-order valence-corrected chi connectivity index (χ2v) is 12.3. The van der Waals surface area contributed by atoms with E-state index < -0.39 is 24.3 Å². The number of alkyl halides is 6. The van der Waals surface area contributed by atoms with Gasteiger partial charge < -0.3 is 50.6 Å². The van der Waals surface area contributed by atoms with E-state index in [0.29, 0.717) is 40.6 Å². The van der Waals surface area contributed by atoms with Crippen LogP contribution in [0.15, 0.2) is 118 Å². The fraction of sp³-hybridized carbons (Fsp3) is 0.150. The Morgan fingerprint density at radius 2 is 1.13 bits per heavy atom. The largest absolute Gasteiger partial charge is 0.490 e. The van der Waals surface area contributed by atoms with Gasteiger partial charge >= 0.3 is 24.3 Å². The van der Waals surface area contributed by atoms with Crippen LogP contribution in [0, 0.1) is 0 Å². The summed E-state index contributed by atoms with van der Waals surface area (Å²) < 4.78 is 85.5. The van der Waals surface area contributed by atoms with Crippen LogP contribution in [0.2, 0.25) is 0 Å². The Morgan fingerprint density at radius 1 is 0.613 bits per heavy atom. The number of hydrogen-bond acceptors (Lipinski definition) is 12. The summed E-state index contributed by atoms with van der Waals surface area (Å²) >= 11 is 0. The Bertz CT molecular complexity index is 2410. The van der Waals surface area contributed by atoms with Gasteiger partial charge in [-0.15, -0.1) is 0 Å². The van der Waals surface area contributed by atoms with Crippen LogP contribution in [0.3, 0.4) is 0 Å². The molecule has 0 aliphatic heterocycles. The summed E-state index contributed by atoms with van der Waals surface area (Å²) in [5.74, 6) is -4.71. The molecule has 2 aromatic heterocycles. The van der Waals surface area contributed by atoms with Crippen molar-refractivity contribution < 1.29 is 74.0 Å². The number of para-hydroxylation sites is 1. The number of nitrogens with zero attached hydrogens (tertiary/aromatic N) is 2. The van der Waals surface area contributed by atoms with E-state index in [9.17, 15) is 35.9 Å². The summed E-state index contributed by atoms with van der Waals surface area (Å²) in [6.45, 7) is 1.10. The predicted octanol–water partition coefficient (Wildman–Crippen LogP) is 6.75. The van der Waals surface area contributed by atoms with Gasteiger partial charge in [0.2, 0.25) is 0 Å². The normalized spacial score (nSPS) is 10.9. The number of aliphatic carboxylic acids is 2. The van der Waals surface area contributed by atoms with E-state index in [0.717, 1.165) is 22.3 Å². The van der Waals surface area contributed by atoms with E-state index in [1.807, 2.05) is 66.7 Å². The number of carbonyl (C=O) groups is 4. The molecular formula is C40H34F6N6O10. The number of carboxylic acid groups (broad SMARTS) is 2. The molecule has 0 aliphatic carbocycles. The molecule has 0 saturated heterocycles. The molecule has 6 rings (SSSR count). The lowest BCUT2D eigenvalue weighted by Crippen LogP contribution is -2.34. The Labute approximate surface area is 346 Å². The molecule has 2 amide bonds. The van der Waals surface area contributed by atoms with E-state index in [2.05, 4.69) is 20.6 Å². The average molecular weight is 873 g/mol. The van der Waals surface area contributed by atoms with Gasteiger partial charge in [-0.05, 0) is 71.8 Å². The Morgan fingerprint density at radius 3 is 1.66 bits per heavy atom. The number of halogens is 6. The fourth-order valence-electron chi connectivity index (χ4n) is 4.80. The van der Waals surface area contributed by atoms with Crippen molar-refractivity contribution in [2.24, 2.45) is 0 Å². The van der Waals surface area contributed by atoms with Crippen LogP contribution in [0.25, 0.3) is 22.5 Å². The molecule has 8 N–H and O–H groups in total. The van der Waals surface area contributed by atoms with Crippen molar-refractivity contribution in [1.82, 2.24) is 20.6 Å². The molecule has 0 bridgehead atoms. The lowest BCUT2D eigenvalue weighted by Gasteiger charge is -2.11. The molecule has 2 heterocycles. The summed E-state index contributed by atoms with van der Waals surface area (Å²) in [7, 11) is 0. The number of ether oxygens (including phenoxy) is 2. The Balaban J connectivity index is 0.000000521. The minimum Gasteiger partial charge on any atom is -0.489 e. The maximum Gasteiger partial charge on any atom is 0.490 e. The van der Waals surface area contributed by atoms with Crippen LogP contribution in [0.1, 0.15) is 31.8 Å². The first-order valence-corrected chi connectivity index (χ1v) is 17.5. The van der Waals surface area contributed by atoms with Gasteiger partial charge in [-0.3, -0.25) is 9.59 Å². The number of carboxylic acids is 2. The highest BCUT2D eigenvalue weighted by molar-refractivity contribution is 5.95. The summed E-state index contributed by atoms with van der Waals surface area (Å²) in [4.78, 5) is 51.5. The first-order chi connectivity index (χ1) is 29.3. The highest BCUT2D eigenvalue weighted by Gasteiger charge is 2.39. The summed E-state index contributed by atoms with van der Waals surface area (Å²) in [6.07, 6.45) is -7.19. The summed E-state index contributed by atoms with van der Waals surface area (Å²) in [6, 6.07) is 29.3. The number of anilines is 2. The number of nitrogens with one attached hydrogen (secondary N) is 2. The number of oxazole rings is 2. The molecule has 0 saturated carbocycles. The highest BCUT2D eigenvalue weighted by atomic mass is 19.4. The van der Waals surface area contributed by atoms with Gasteiger partial charge in [0.1, 0.15) is 48.6 Å². The monoisotopic (exact) mass is 872 g/mol. The number of amides is 2. The van der Waals surface area contributed by atoms with Gasteiger partial charge in [0.15, 0.2) is 0 Å². The van der Waals surface area contributed by atoms with Gasteiger partial charge in [-0.1, -0.05) is 36.4 Å². The zero-order valence-electron chi connectivity index (χ0n) is 31.7. The van der Waals surface area contributed by atoms with E-state index in [-0.39, 0.29) is 43.5 Å². The molecule has 6 aromatic rings. The van der Waals surface area contributed by atoms with E-state index in [4.69, 9.17) is 49.6 Å². The van der Waals surface area contributed by atoms with Gasteiger partial charge in [-0.2, -0.15) is 36.3 Å². The predicted molar refractivity (Wildman–Crippen MR) is 206 cm³/mol. The third kappa shape index (κ3) is 14.7. The topological polar surface area (TPSA) is 255 Å². The van der Waals surface area contributed by atoms with Gasteiger partial charge in [0, 0.05) is 35.3 Å². The summed E-state index contributed by atoms with van der Waals surface area (Å²) in [5, 5.41) is 19.9. The number of hydrogen-bond donors (Lipinski definition) is 6. The third-order valence-electron chi connectivity index (χ3n) is 7.74. The molecule has 0 fully saturated rings. The summed E-state index contributed by atoms with van der Waals surface area (Å²) in [5.41, 5.74) is 16.7. The molecule has 22 heteroatoms. The number of aromatic nitrogens is 2. The standard InChI is InChI=1S/C36H32N6O6.2C2HF3O2/c37-35-41-30(21-47-35)25-12-14-28(15-13-25)45-20-24-4-3-5-27(18-24)34(44)40-17-16-39-33(43)26-10-8-23(9-11-26)19-46-32-7-2-1-6-29(32)31-22-48-36(38)42-31;2*3-2(4,5)1(6)7/h1-15,18,21-22H,16-17,19-20H2,(H2,37,41)(H2,38,42)(H,39,43)(H,40,44);2*(H,6,7). The molecule has 0 aliphatic rings. The zero-order valence-corrected chi connectivity index (χ0v) is 31.7. The maximum atomic E-state index is 12.8. The number of carbonyl (C=O) groups excluding carboxylic acids is 2. The van der Waals surface area contributed by atoms with Crippen molar-refractivity contribution in [3.05, 3.63) is 132 Å². The van der Waals surface area contributed by atoms with Crippen molar-refractivity contribution >= 4 is 35.8 Å². The molecule has 16 nitrogen and oxygen atoms in total. The molecule has 0 atom stereocenters. The van der Waals surface area contributed by atoms with Gasteiger partial charge in [-0.25, -0.2) is 9.59 Å². The van der Waals surface area contributed by atoms with Crippen LogP contribution in [0.4, 0.5) is 38.4 Å². The second kappa shape index (κ2) is 21.3. The number of benzene rings is 4. The van der Waals surface area contributed by atoms with Crippen LogP contribution < -0.4 is 31.6 Å². The minimum absolute atomic E-state index is 0.0830. The van der Waals surface area contributed by atoms with Gasteiger partial charge in [0.05, 0.1) is 0 Å². The van der Waals surface area contributed by atoms with Crippen LogP contribution in [-0.4, -0.2) is 69.4 Å². The average Bonchev–Trinajstić information content (AvgIpc) is 3.88. The third-order valence-corrected chi connectivity index (χ3v) is 7.74. The molecule has 4 aromatic carbocycles. The molecular weight excluding hydrogens is 838 g/mol. The van der Waals surface area contributed by atoms with Crippen molar-refractivity contribution in [2.75, 3.05) is 24.6 Å². The van der Waals surface area contributed by atoms with Crippen molar-refractivity contribution in [1.29, 1.82) is 0 Å². The van der Waals surface area contributed by atoms with Crippen LogP contribution in [-0.2, 0) is 22.8 Å². The molecule has 62 heavy (non-hydrogen) atoms. The molecule has 0 unspecified atom stereocenters.